The summed E-state index contributed by atoms with van der Waals surface area (Å²) in [4.78, 5) is 5.05. The van der Waals surface area contributed by atoms with E-state index in [9.17, 15) is 0 Å². The molecule has 0 bridgehead atoms. The van der Waals surface area contributed by atoms with Gasteiger partial charge >= 0.3 is 0 Å². The van der Waals surface area contributed by atoms with Gasteiger partial charge in [0, 0.05) is 25.7 Å². The Morgan fingerprint density at radius 3 is 3.10 bits per heavy atom. The molecule has 21 heavy (non-hydrogen) atoms. The zero-order valence-corrected chi connectivity index (χ0v) is 12.1. The first kappa shape index (κ1) is 13.0. The van der Waals surface area contributed by atoms with Gasteiger partial charge < -0.3 is 8.83 Å². The summed E-state index contributed by atoms with van der Waals surface area (Å²) in [5, 5.41) is 8.20. The van der Waals surface area contributed by atoms with E-state index in [1.165, 1.54) is 25.8 Å². The summed E-state index contributed by atoms with van der Waals surface area (Å²) in [5.74, 6) is 1.77. The van der Waals surface area contributed by atoms with Crippen LogP contribution in [0.25, 0.3) is 11.7 Å². The predicted molar refractivity (Wildman–Crippen MR) is 76.5 cm³/mol. The van der Waals surface area contributed by atoms with Crippen molar-refractivity contribution >= 4 is 0 Å². The molecular formula is C15H20N4O2. The average Bonchev–Trinajstić information content (AvgIpc) is 3.18. The maximum Gasteiger partial charge on any atom is 0.283 e. The minimum Gasteiger partial charge on any atom is -0.459 e. The second-order valence-electron chi connectivity index (χ2n) is 5.90. The van der Waals surface area contributed by atoms with Crippen LogP contribution in [0.3, 0.4) is 0 Å². The van der Waals surface area contributed by atoms with Gasteiger partial charge in [-0.1, -0.05) is 6.42 Å². The third kappa shape index (κ3) is 2.73. The van der Waals surface area contributed by atoms with E-state index < -0.39 is 0 Å². The van der Waals surface area contributed by atoms with E-state index >= 15 is 0 Å². The Kier molecular flexibility index (Phi) is 3.48. The lowest BCUT2D eigenvalue weighted by molar-refractivity contribution is 0.0418. The maximum absolute atomic E-state index is 5.70. The monoisotopic (exact) mass is 288 g/mol. The van der Waals surface area contributed by atoms with Crippen LogP contribution < -0.4 is 0 Å². The van der Waals surface area contributed by atoms with Crippen LogP contribution in [0, 0.1) is 0 Å². The summed E-state index contributed by atoms with van der Waals surface area (Å²) in [5.41, 5.74) is 0. The van der Waals surface area contributed by atoms with Gasteiger partial charge in [-0.25, -0.2) is 0 Å². The summed E-state index contributed by atoms with van der Waals surface area (Å²) < 4.78 is 11.0. The lowest BCUT2D eigenvalue weighted by atomic mass is 9.99. The molecule has 2 aromatic rings. The number of piperidine rings is 1. The fourth-order valence-electron chi connectivity index (χ4n) is 3.37. The third-order valence-corrected chi connectivity index (χ3v) is 4.48. The van der Waals surface area contributed by atoms with Crippen LogP contribution >= 0.6 is 0 Å². The number of fused-ring (bicyclic) bond motifs is 1. The van der Waals surface area contributed by atoms with Crippen LogP contribution in [0.5, 0.6) is 0 Å². The number of hydrogen-bond donors (Lipinski definition) is 0. The lowest BCUT2D eigenvalue weighted by Gasteiger charge is -2.43. The Labute approximate surface area is 123 Å². The zero-order valence-electron chi connectivity index (χ0n) is 12.1. The second kappa shape index (κ2) is 5.61. The standard InChI is InChI=1S/C15H20N4O2/c1-2-6-19-8-7-18(10-12(19)4-1)11-14-16-17-15(21-14)13-5-3-9-20-13/h3,5,9,12H,1-2,4,6-8,10-11H2/t12-/m0/s1. The van der Waals surface area contributed by atoms with Crippen molar-refractivity contribution in [2.24, 2.45) is 0 Å². The molecule has 2 saturated heterocycles. The Morgan fingerprint density at radius 1 is 1.19 bits per heavy atom. The Hall–Kier alpha value is -1.66. The fraction of sp³-hybridized carbons (Fsp3) is 0.600. The summed E-state index contributed by atoms with van der Waals surface area (Å²) in [7, 11) is 0. The van der Waals surface area contributed by atoms with Gasteiger partial charge in [-0.3, -0.25) is 9.80 Å². The number of nitrogens with zero attached hydrogens (tertiary/aromatic N) is 4. The van der Waals surface area contributed by atoms with Crippen LogP contribution in [-0.4, -0.2) is 52.2 Å². The first-order valence-electron chi connectivity index (χ1n) is 7.71. The van der Waals surface area contributed by atoms with E-state index in [4.69, 9.17) is 8.83 Å². The van der Waals surface area contributed by atoms with Crippen LogP contribution in [0.1, 0.15) is 25.2 Å². The van der Waals surface area contributed by atoms with Crippen LogP contribution in [0.4, 0.5) is 0 Å². The topological polar surface area (TPSA) is 58.5 Å². The van der Waals surface area contributed by atoms with Gasteiger partial charge in [0.1, 0.15) is 0 Å². The summed E-state index contributed by atoms with van der Waals surface area (Å²) in [6.07, 6.45) is 5.64. The smallest absolute Gasteiger partial charge is 0.283 e. The van der Waals surface area contributed by atoms with Crippen LogP contribution in [-0.2, 0) is 6.54 Å². The molecule has 6 heteroatoms. The first-order valence-corrected chi connectivity index (χ1v) is 7.71. The van der Waals surface area contributed by atoms with Gasteiger partial charge in [-0.05, 0) is 31.5 Å². The van der Waals surface area contributed by atoms with Gasteiger partial charge in [-0.15, -0.1) is 10.2 Å². The molecule has 0 aromatic carbocycles. The van der Waals surface area contributed by atoms with Gasteiger partial charge in [0.25, 0.3) is 5.89 Å². The molecule has 112 valence electrons. The SMILES string of the molecule is c1coc(-c2nnc(CN3CCN4CCCC[C@H]4C3)o2)c1. The van der Waals surface area contributed by atoms with Crippen molar-refractivity contribution in [3.8, 4) is 11.7 Å². The molecule has 0 spiro atoms. The number of piperazine rings is 1. The third-order valence-electron chi connectivity index (χ3n) is 4.48. The Morgan fingerprint density at radius 2 is 2.19 bits per heavy atom. The number of furan rings is 1. The number of rotatable bonds is 3. The average molecular weight is 288 g/mol. The van der Waals surface area contributed by atoms with E-state index in [1.807, 2.05) is 12.1 Å². The summed E-state index contributed by atoms with van der Waals surface area (Å²) in [6, 6.07) is 4.36. The van der Waals surface area contributed by atoms with Crippen LogP contribution in [0.15, 0.2) is 27.2 Å². The minimum absolute atomic E-state index is 0.464. The molecule has 4 rings (SSSR count). The van der Waals surface area contributed by atoms with Crippen molar-refractivity contribution in [2.45, 2.75) is 31.8 Å². The van der Waals surface area contributed by atoms with Crippen molar-refractivity contribution in [2.75, 3.05) is 26.2 Å². The molecule has 0 amide bonds. The molecule has 0 unspecified atom stereocenters. The second-order valence-corrected chi connectivity index (χ2v) is 5.90. The molecular weight excluding hydrogens is 268 g/mol. The molecule has 0 aliphatic carbocycles. The Bertz CT molecular complexity index is 580. The summed E-state index contributed by atoms with van der Waals surface area (Å²) in [6.45, 7) is 5.34. The highest BCUT2D eigenvalue weighted by Gasteiger charge is 2.29. The van der Waals surface area contributed by atoms with Gasteiger partial charge in [0.2, 0.25) is 5.89 Å². The van der Waals surface area contributed by atoms with Crippen molar-refractivity contribution in [3.05, 3.63) is 24.3 Å². The number of aromatic nitrogens is 2. The molecule has 2 aliphatic heterocycles. The largest absolute Gasteiger partial charge is 0.459 e. The van der Waals surface area contributed by atoms with Crippen molar-refractivity contribution in [1.29, 1.82) is 0 Å². The minimum atomic E-state index is 0.464. The van der Waals surface area contributed by atoms with Gasteiger partial charge in [-0.2, -0.15) is 0 Å². The van der Waals surface area contributed by atoms with Crippen molar-refractivity contribution < 1.29 is 8.83 Å². The Balaban J connectivity index is 1.40. The molecule has 1 atom stereocenters. The van der Waals surface area contributed by atoms with E-state index in [-0.39, 0.29) is 0 Å². The maximum atomic E-state index is 5.70. The van der Waals surface area contributed by atoms with E-state index in [0.29, 0.717) is 23.6 Å². The predicted octanol–water partition coefficient (Wildman–Crippen LogP) is 2.00. The van der Waals surface area contributed by atoms with E-state index in [2.05, 4.69) is 20.0 Å². The molecule has 2 aliphatic rings. The molecule has 0 saturated carbocycles. The first-order chi connectivity index (χ1) is 10.4. The van der Waals surface area contributed by atoms with Crippen molar-refractivity contribution in [1.82, 2.24) is 20.0 Å². The highest BCUT2D eigenvalue weighted by atomic mass is 16.4. The van der Waals surface area contributed by atoms with Crippen molar-refractivity contribution in [3.63, 3.8) is 0 Å². The molecule has 2 fully saturated rings. The molecule has 4 heterocycles. The quantitative estimate of drug-likeness (QED) is 0.861. The van der Waals surface area contributed by atoms with E-state index in [1.54, 1.807) is 6.26 Å². The summed E-state index contributed by atoms with van der Waals surface area (Å²) >= 11 is 0. The molecule has 0 radical (unpaired) electrons. The highest BCUT2D eigenvalue weighted by molar-refractivity contribution is 5.42. The molecule has 6 nitrogen and oxygen atoms in total. The normalized spacial score (nSPS) is 24.1. The van der Waals surface area contributed by atoms with Gasteiger partial charge in [0.15, 0.2) is 5.76 Å². The fourth-order valence-corrected chi connectivity index (χ4v) is 3.37. The highest BCUT2D eigenvalue weighted by Crippen LogP contribution is 2.23. The molecule has 0 N–H and O–H groups in total. The molecule has 2 aromatic heterocycles. The van der Waals surface area contributed by atoms with Gasteiger partial charge in [0.05, 0.1) is 12.8 Å². The lowest BCUT2D eigenvalue weighted by Crippen LogP contribution is -2.54. The van der Waals surface area contributed by atoms with E-state index in [0.717, 1.165) is 26.2 Å². The van der Waals surface area contributed by atoms with Crippen LogP contribution in [0.2, 0.25) is 0 Å². The number of hydrogen-bond acceptors (Lipinski definition) is 6. The zero-order chi connectivity index (χ0) is 14.1.